The van der Waals surface area contributed by atoms with Gasteiger partial charge in [0.2, 0.25) is 0 Å². The van der Waals surface area contributed by atoms with Crippen molar-refractivity contribution in [2.24, 2.45) is 0 Å². The zero-order valence-corrected chi connectivity index (χ0v) is 24.6. The molecule has 4 heterocycles. The molecule has 2 amide bonds. The molecule has 16 heteroatoms. The number of fused-ring (bicyclic) bond motifs is 2. The second-order valence-corrected chi connectivity index (χ2v) is 10.5. The van der Waals surface area contributed by atoms with E-state index in [4.69, 9.17) is 11.5 Å². The Morgan fingerprint density at radius 3 is 1.15 bits per heavy atom. The molecule has 0 unspecified atom stereocenters. The SMILES string of the molecule is Nc1cccnc1.Nc1cccnc1.O=C1[N-]S(=O)(=O)c2ccccc21.O=C1[N-]S(=O)(=O)c2ccccc21.[Ag+].[Ag+]. The molecule has 40 heavy (non-hydrogen) atoms. The van der Waals surface area contributed by atoms with Crippen LogP contribution >= 0.6 is 0 Å². The van der Waals surface area contributed by atoms with Gasteiger partial charge in [0.1, 0.15) is 20.0 Å². The standard InChI is InChI=1S/2C7H5NO3S.2C5H6N2.2Ag/c2*9-7-5-3-1-2-4-6(5)12(10,11)8-7;2*6-5-2-1-3-7-4-5;;/h2*1-4H,(H,8,9);2*1-4H,6H2;;/q;;;;2*+1/p-2. The number of nitrogens with two attached hydrogens (primary N) is 2. The molecule has 0 saturated carbocycles. The number of carbonyl (C=O) groups is 2. The van der Waals surface area contributed by atoms with Crippen LogP contribution in [0.4, 0.5) is 11.4 Å². The van der Waals surface area contributed by atoms with Gasteiger partial charge in [0.15, 0.2) is 0 Å². The third kappa shape index (κ3) is 9.39. The van der Waals surface area contributed by atoms with E-state index < -0.39 is 31.9 Å². The third-order valence-corrected chi connectivity index (χ3v) is 7.20. The maximum absolute atomic E-state index is 11.1. The van der Waals surface area contributed by atoms with Crippen LogP contribution in [0.3, 0.4) is 0 Å². The Kier molecular flexibility index (Phi) is 13.4. The van der Waals surface area contributed by atoms with Gasteiger partial charge in [0.25, 0.3) is 0 Å². The Balaban J connectivity index is 0.000000271. The number of nitrogen functional groups attached to an aromatic ring is 2. The van der Waals surface area contributed by atoms with Gasteiger partial charge in [-0.15, -0.1) is 0 Å². The molecule has 0 bridgehead atoms. The largest absolute Gasteiger partial charge is 1.00 e. The van der Waals surface area contributed by atoms with E-state index in [0.29, 0.717) is 11.4 Å². The molecule has 0 fully saturated rings. The number of rotatable bonds is 0. The second kappa shape index (κ2) is 15.4. The van der Waals surface area contributed by atoms with Crippen LogP contribution in [0, 0.1) is 0 Å². The van der Waals surface area contributed by atoms with E-state index in [9.17, 15) is 26.4 Å². The minimum atomic E-state index is -3.68. The van der Waals surface area contributed by atoms with Gasteiger partial charge in [-0.1, -0.05) is 36.4 Å². The fraction of sp³-hybridized carbons (Fsp3) is 0. The molecule has 2 aromatic heterocycles. The molecule has 216 valence electrons. The predicted octanol–water partition coefficient (Wildman–Crippen LogP) is 3.13. The zero-order chi connectivity index (χ0) is 27.8. The molecule has 4 N–H and O–H groups in total. The average Bonchev–Trinajstić information content (AvgIpc) is 3.28. The molecule has 0 atom stereocenters. The molecule has 0 radical (unpaired) electrons. The van der Waals surface area contributed by atoms with E-state index in [1.807, 2.05) is 0 Å². The van der Waals surface area contributed by atoms with Crippen molar-refractivity contribution in [3.63, 3.8) is 0 Å². The Labute approximate surface area is 262 Å². The summed E-state index contributed by atoms with van der Waals surface area (Å²) in [6.45, 7) is 0. The number of nitrogens with zero attached hydrogens (tertiary/aromatic N) is 4. The van der Waals surface area contributed by atoms with E-state index in [2.05, 4.69) is 19.4 Å². The van der Waals surface area contributed by atoms with Crippen LogP contribution in [0.5, 0.6) is 0 Å². The minimum absolute atomic E-state index is 0. The molecular weight excluding hydrogens is 748 g/mol. The second-order valence-electron chi connectivity index (χ2n) is 7.31. The van der Waals surface area contributed by atoms with Crippen LogP contribution in [0.2, 0.25) is 0 Å². The number of hydrogen-bond acceptors (Lipinski definition) is 10. The van der Waals surface area contributed by atoms with Crippen LogP contribution in [0.25, 0.3) is 9.44 Å². The quantitative estimate of drug-likeness (QED) is 0.250. The summed E-state index contributed by atoms with van der Waals surface area (Å²) < 4.78 is 50.3. The first-order valence-electron chi connectivity index (χ1n) is 10.5. The molecule has 0 aliphatic carbocycles. The van der Waals surface area contributed by atoms with Crippen molar-refractivity contribution in [1.29, 1.82) is 0 Å². The third-order valence-electron chi connectivity index (χ3n) is 4.57. The molecular formula is C24H20Ag2N6O6S2. The smallest absolute Gasteiger partial charge is 0.537 e. The van der Waals surface area contributed by atoms with E-state index >= 15 is 0 Å². The summed E-state index contributed by atoms with van der Waals surface area (Å²) in [4.78, 5) is 29.4. The van der Waals surface area contributed by atoms with Gasteiger partial charge in [-0.2, -0.15) is 0 Å². The van der Waals surface area contributed by atoms with Crippen LogP contribution in [0.15, 0.2) is 107 Å². The van der Waals surface area contributed by atoms with Crippen molar-refractivity contribution in [2.75, 3.05) is 11.5 Å². The summed E-state index contributed by atoms with van der Waals surface area (Å²) in [7, 11) is -7.36. The molecule has 6 rings (SSSR count). The summed E-state index contributed by atoms with van der Waals surface area (Å²) in [6.07, 6.45) is 6.60. The first kappa shape index (κ1) is 34.7. The van der Waals surface area contributed by atoms with Crippen LogP contribution in [-0.4, -0.2) is 38.6 Å². The fourth-order valence-corrected chi connectivity index (χ4v) is 5.10. The molecule has 2 aliphatic rings. The summed E-state index contributed by atoms with van der Waals surface area (Å²) in [5, 5.41) is 0. The Hall–Kier alpha value is -3.34. The van der Waals surface area contributed by atoms with E-state index in [1.165, 1.54) is 24.3 Å². The Morgan fingerprint density at radius 2 is 0.900 bits per heavy atom. The summed E-state index contributed by atoms with van der Waals surface area (Å²) >= 11 is 0. The van der Waals surface area contributed by atoms with E-state index in [0.717, 1.165) is 0 Å². The number of carbonyl (C=O) groups excluding carboxylic acids is 2. The molecule has 4 aromatic rings. The van der Waals surface area contributed by atoms with Gasteiger partial charge in [0, 0.05) is 35.9 Å². The van der Waals surface area contributed by atoms with Gasteiger partial charge < -0.3 is 30.5 Å². The summed E-state index contributed by atoms with van der Waals surface area (Å²) in [6, 6.07) is 19.2. The van der Waals surface area contributed by atoms with Crippen molar-refractivity contribution in [1.82, 2.24) is 9.97 Å². The van der Waals surface area contributed by atoms with Gasteiger partial charge >= 0.3 is 44.8 Å². The minimum Gasteiger partial charge on any atom is -0.537 e. The first-order chi connectivity index (χ1) is 18.0. The number of aromatic nitrogens is 2. The van der Waals surface area contributed by atoms with Crippen LogP contribution < -0.4 is 11.5 Å². The molecule has 0 saturated heterocycles. The topological polar surface area (TPSA) is 208 Å². The predicted molar refractivity (Wildman–Crippen MR) is 140 cm³/mol. The van der Waals surface area contributed by atoms with Gasteiger partial charge in [-0.3, -0.25) is 9.97 Å². The van der Waals surface area contributed by atoms with Crippen molar-refractivity contribution in [3.05, 3.63) is 118 Å². The fourth-order valence-electron chi connectivity index (χ4n) is 2.90. The molecule has 0 spiro atoms. The number of hydrogen-bond donors (Lipinski definition) is 2. The van der Waals surface area contributed by atoms with Gasteiger partial charge in [0.05, 0.1) is 33.0 Å². The zero-order valence-electron chi connectivity index (χ0n) is 20.1. The Bertz CT molecular complexity index is 1530. The summed E-state index contributed by atoms with van der Waals surface area (Å²) in [5.41, 5.74) is 12.3. The number of anilines is 2. The van der Waals surface area contributed by atoms with E-state index in [1.54, 1.807) is 73.3 Å². The normalized spacial score (nSPS) is 14.1. The maximum Gasteiger partial charge on any atom is 1.00 e. The van der Waals surface area contributed by atoms with Gasteiger partial charge in [-0.05, 0) is 36.4 Å². The maximum atomic E-state index is 11.1. The van der Waals surface area contributed by atoms with Crippen molar-refractivity contribution in [2.45, 2.75) is 9.79 Å². The number of pyridine rings is 2. The summed E-state index contributed by atoms with van der Waals surface area (Å²) in [5.74, 6) is -1.35. The monoisotopic (exact) mass is 766 g/mol. The van der Waals surface area contributed by atoms with Crippen molar-refractivity contribution < 1.29 is 71.2 Å². The number of sulfonamides is 2. The number of benzene rings is 2. The molecule has 2 aromatic carbocycles. The Morgan fingerprint density at radius 1 is 0.550 bits per heavy atom. The van der Waals surface area contributed by atoms with Crippen molar-refractivity contribution >= 4 is 43.2 Å². The molecule has 12 nitrogen and oxygen atoms in total. The molecule has 2 aliphatic heterocycles. The first-order valence-corrected chi connectivity index (χ1v) is 13.4. The van der Waals surface area contributed by atoms with Crippen LogP contribution in [0.1, 0.15) is 20.7 Å². The van der Waals surface area contributed by atoms with Crippen molar-refractivity contribution in [3.8, 4) is 0 Å². The average molecular weight is 768 g/mol. The van der Waals surface area contributed by atoms with Gasteiger partial charge in [-0.25, -0.2) is 16.8 Å². The van der Waals surface area contributed by atoms with Crippen LogP contribution in [-0.2, 0) is 64.8 Å². The number of amides is 2. The van der Waals surface area contributed by atoms with E-state index in [-0.39, 0.29) is 65.7 Å².